The number of esters is 1. The SMILES string of the molecule is CCOC(=O)C(=O)/C=C(/O)c1cc(F)cc(F)c1. The lowest BCUT2D eigenvalue weighted by atomic mass is 10.1. The summed E-state index contributed by atoms with van der Waals surface area (Å²) in [6, 6.07) is 2.27. The number of aliphatic hydroxyl groups excluding tert-OH is 1. The summed E-state index contributed by atoms with van der Waals surface area (Å²) in [5, 5.41) is 9.46. The van der Waals surface area contributed by atoms with E-state index >= 15 is 0 Å². The summed E-state index contributed by atoms with van der Waals surface area (Å²) in [6.07, 6.45) is 0.548. The molecule has 1 aromatic rings. The molecule has 4 nitrogen and oxygen atoms in total. The van der Waals surface area contributed by atoms with Crippen molar-refractivity contribution < 1.29 is 28.2 Å². The average molecular weight is 256 g/mol. The van der Waals surface area contributed by atoms with E-state index in [1.165, 1.54) is 6.92 Å². The van der Waals surface area contributed by atoms with Crippen LogP contribution in [0.5, 0.6) is 0 Å². The second kappa shape index (κ2) is 5.90. The highest BCUT2D eigenvalue weighted by atomic mass is 19.1. The molecule has 0 aliphatic carbocycles. The number of ether oxygens (including phenoxy) is 1. The Morgan fingerprint density at radius 3 is 2.33 bits per heavy atom. The van der Waals surface area contributed by atoms with Crippen LogP contribution in [0.1, 0.15) is 12.5 Å². The zero-order chi connectivity index (χ0) is 13.7. The molecule has 0 spiro atoms. The molecule has 0 saturated carbocycles. The first-order valence-corrected chi connectivity index (χ1v) is 5.02. The van der Waals surface area contributed by atoms with Gasteiger partial charge in [0.2, 0.25) is 0 Å². The van der Waals surface area contributed by atoms with Gasteiger partial charge < -0.3 is 9.84 Å². The first-order valence-electron chi connectivity index (χ1n) is 5.02. The smallest absolute Gasteiger partial charge is 0.379 e. The van der Waals surface area contributed by atoms with Gasteiger partial charge in [-0.15, -0.1) is 0 Å². The van der Waals surface area contributed by atoms with Gasteiger partial charge >= 0.3 is 5.97 Å². The third-order valence-electron chi connectivity index (χ3n) is 1.90. The molecular formula is C12H10F2O4. The number of halogens is 2. The van der Waals surface area contributed by atoms with Crippen LogP contribution in [0.3, 0.4) is 0 Å². The van der Waals surface area contributed by atoms with Crippen LogP contribution in [0.25, 0.3) is 5.76 Å². The Morgan fingerprint density at radius 2 is 1.83 bits per heavy atom. The van der Waals surface area contributed by atoms with Crippen LogP contribution in [0.4, 0.5) is 8.78 Å². The molecule has 0 atom stereocenters. The molecule has 0 unspecified atom stereocenters. The fourth-order valence-electron chi connectivity index (χ4n) is 1.17. The van der Waals surface area contributed by atoms with E-state index in [1.54, 1.807) is 0 Å². The Balaban J connectivity index is 2.95. The van der Waals surface area contributed by atoms with Gasteiger partial charge in [0.15, 0.2) is 0 Å². The van der Waals surface area contributed by atoms with Crippen LogP contribution < -0.4 is 0 Å². The highest BCUT2D eigenvalue weighted by molar-refractivity contribution is 6.39. The quantitative estimate of drug-likeness (QED) is 0.387. The summed E-state index contributed by atoms with van der Waals surface area (Å²) in [5.41, 5.74) is -0.245. The van der Waals surface area contributed by atoms with Crippen molar-refractivity contribution in [3.63, 3.8) is 0 Å². The standard InChI is InChI=1S/C12H10F2O4/c1-2-18-12(17)11(16)6-10(15)7-3-8(13)5-9(14)4-7/h3-6,15H,2H2,1H3/b10-6+. The molecule has 0 aromatic heterocycles. The van der Waals surface area contributed by atoms with Gasteiger partial charge in [-0.05, 0) is 19.1 Å². The Kier molecular flexibility index (Phi) is 4.53. The van der Waals surface area contributed by atoms with Crippen LogP contribution >= 0.6 is 0 Å². The van der Waals surface area contributed by atoms with Crippen molar-refractivity contribution in [2.75, 3.05) is 6.61 Å². The summed E-state index contributed by atoms with van der Waals surface area (Å²) in [5.74, 6) is -4.80. The normalized spacial score (nSPS) is 11.2. The summed E-state index contributed by atoms with van der Waals surface area (Å²) >= 11 is 0. The zero-order valence-electron chi connectivity index (χ0n) is 9.44. The third-order valence-corrected chi connectivity index (χ3v) is 1.90. The molecule has 0 saturated heterocycles. The predicted octanol–water partition coefficient (Wildman–Crippen LogP) is 2.00. The van der Waals surface area contributed by atoms with E-state index in [4.69, 9.17) is 0 Å². The molecule has 0 amide bonds. The van der Waals surface area contributed by atoms with Crippen molar-refractivity contribution in [3.8, 4) is 0 Å². The molecule has 0 aliphatic rings. The molecule has 1 rings (SSSR count). The van der Waals surface area contributed by atoms with Crippen molar-refractivity contribution >= 4 is 17.5 Å². The third kappa shape index (κ3) is 3.65. The van der Waals surface area contributed by atoms with Crippen molar-refractivity contribution in [1.29, 1.82) is 0 Å². The molecular weight excluding hydrogens is 246 g/mol. The topological polar surface area (TPSA) is 63.6 Å². The van der Waals surface area contributed by atoms with Crippen LogP contribution in [0, 0.1) is 11.6 Å². The van der Waals surface area contributed by atoms with E-state index in [0.29, 0.717) is 12.1 Å². The molecule has 6 heteroatoms. The molecule has 0 bridgehead atoms. The monoisotopic (exact) mass is 256 g/mol. The second-order valence-electron chi connectivity index (χ2n) is 3.27. The highest BCUT2D eigenvalue weighted by Gasteiger charge is 2.14. The fraction of sp³-hybridized carbons (Fsp3) is 0.167. The van der Waals surface area contributed by atoms with Gasteiger partial charge in [-0.25, -0.2) is 13.6 Å². The van der Waals surface area contributed by atoms with Gasteiger partial charge in [0.05, 0.1) is 6.61 Å². The minimum atomic E-state index is -1.15. The lowest BCUT2D eigenvalue weighted by Gasteiger charge is -2.01. The largest absolute Gasteiger partial charge is 0.507 e. The minimum absolute atomic E-state index is 0.00771. The number of hydrogen-bond acceptors (Lipinski definition) is 4. The first kappa shape index (κ1) is 13.8. The summed E-state index contributed by atoms with van der Waals surface area (Å²) in [6.45, 7) is 1.52. The van der Waals surface area contributed by atoms with Crippen molar-refractivity contribution in [3.05, 3.63) is 41.5 Å². The molecule has 0 heterocycles. The van der Waals surface area contributed by atoms with E-state index in [2.05, 4.69) is 4.74 Å². The number of benzene rings is 1. The number of carbonyl (C=O) groups is 2. The maximum absolute atomic E-state index is 12.9. The Hall–Kier alpha value is -2.24. The number of rotatable bonds is 4. The lowest BCUT2D eigenvalue weighted by molar-refractivity contribution is -0.151. The van der Waals surface area contributed by atoms with E-state index in [-0.39, 0.29) is 12.2 Å². The maximum atomic E-state index is 12.9. The number of aliphatic hydroxyl groups is 1. The van der Waals surface area contributed by atoms with Crippen LogP contribution in [-0.2, 0) is 14.3 Å². The van der Waals surface area contributed by atoms with Crippen molar-refractivity contribution in [2.45, 2.75) is 6.92 Å². The zero-order valence-corrected chi connectivity index (χ0v) is 9.44. The van der Waals surface area contributed by atoms with E-state index < -0.39 is 29.1 Å². The number of carbonyl (C=O) groups excluding carboxylic acids is 2. The summed E-state index contributed by atoms with van der Waals surface area (Å²) in [7, 11) is 0. The molecule has 96 valence electrons. The maximum Gasteiger partial charge on any atom is 0.379 e. The fourth-order valence-corrected chi connectivity index (χ4v) is 1.17. The van der Waals surface area contributed by atoms with Crippen LogP contribution in [0.2, 0.25) is 0 Å². The summed E-state index contributed by atoms with van der Waals surface area (Å²) < 4.78 is 30.1. The summed E-state index contributed by atoms with van der Waals surface area (Å²) in [4.78, 5) is 22.2. The van der Waals surface area contributed by atoms with Gasteiger partial charge in [0.25, 0.3) is 5.78 Å². The molecule has 1 N–H and O–H groups in total. The molecule has 0 fully saturated rings. The van der Waals surface area contributed by atoms with Gasteiger partial charge in [-0.2, -0.15) is 0 Å². The first-order chi connectivity index (χ1) is 8.43. The van der Waals surface area contributed by atoms with Crippen molar-refractivity contribution in [1.82, 2.24) is 0 Å². The predicted molar refractivity (Wildman–Crippen MR) is 58.6 cm³/mol. The Morgan fingerprint density at radius 1 is 1.28 bits per heavy atom. The highest BCUT2D eigenvalue weighted by Crippen LogP contribution is 2.15. The van der Waals surface area contributed by atoms with Crippen molar-refractivity contribution in [2.24, 2.45) is 0 Å². The van der Waals surface area contributed by atoms with E-state index in [9.17, 15) is 23.5 Å². The van der Waals surface area contributed by atoms with Gasteiger partial charge in [0.1, 0.15) is 17.4 Å². The average Bonchev–Trinajstić information content (AvgIpc) is 2.27. The van der Waals surface area contributed by atoms with Gasteiger partial charge in [-0.3, -0.25) is 4.79 Å². The van der Waals surface area contributed by atoms with Crippen LogP contribution in [-0.4, -0.2) is 23.5 Å². The van der Waals surface area contributed by atoms with E-state index in [0.717, 1.165) is 12.1 Å². The molecule has 0 aliphatic heterocycles. The second-order valence-corrected chi connectivity index (χ2v) is 3.27. The Bertz CT molecular complexity index is 489. The molecule has 1 aromatic carbocycles. The lowest BCUT2D eigenvalue weighted by Crippen LogP contribution is -2.15. The minimum Gasteiger partial charge on any atom is -0.507 e. The number of hydrogen-bond donors (Lipinski definition) is 1. The van der Waals surface area contributed by atoms with Crippen LogP contribution in [0.15, 0.2) is 24.3 Å². The number of ketones is 1. The van der Waals surface area contributed by atoms with Gasteiger partial charge in [0, 0.05) is 17.7 Å². The van der Waals surface area contributed by atoms with Gasteiger partial charge in [-0.1, -0.05) is 0 Å². The molecule has 18 heavy (non-hydrogen) atoms. The molecule has 0 radical (unpaired) electrons. The van der Waals surface area contributed by atoms with E-state index in [1.807, 2.05) is 0 Å². The Labute approximate surface area is 101 Å².